The maximum absolute atomic E-state index is 12.4. The van der Waals surface area contributed by atoms with E-state index in [0.29, 0.717) is 29.4 Å². The third-order valence-corrected chi connectivity index (χ3v) is 3.46. The second-order valence-corrected chi connectivity index (χ2v) is 5.01. The van der Waals surface area contributed by atoms with Crippen molar-refractivity contribution in [1.82, 2.24) is 9.80 Å². The maximum atomic E-state index is 12.4. The highest BCUT2D eigenvalue weighted by atomic mass is 35.5. The van der Waals surface area contributed by atoms with Crippen molar-refractivity contribution in [3.05, 3.63) is 28.8 Å². The lowest BCUT2D eigenvalue weighted by Gasteiger charge is -2.23. The van der Waals surface area contributed by atoms with Gasteiger partial charge in [-0.3, -0.25) is 9.59 Å². The Kier molecular flexibility index (Phi) is 6.49. The second-order valence-electron chi connectivity index (χ2n) is 4.57. The zero-order valence-electron chi connectivity index (χ0n) is 12.9. The Morgan fingerprint density at radius 1 is 1.24 bits per heavy atom. The Hall–Kier alpha value is -1.75. The van der Waals surface area contributed by atoms with Gasteiger partial charge in [0, 0.05) is 25.2 Å². The number of amides is 2. The van der Waals surface area contributed by atoms with Crippen LogP contribution >= 0.6 is 11.6 Å². The van der Waals surface area contributed by atoms with E-state index < -0.39 is 0 Å². The van der Waals surface area contributed by atoms with Crippen molar-refractivity contribution in [2.24, 2.45) is 0 Å². The molecule has 0 N–H and O–H groups in total. The van der Waals surface area contributed by atoms with Crippen LogP contribution in [0.25, 0.3) is 0 Å². The van der Waals surface area contributed by atoms with Gasteiger partial charge in [0.2, 0.25) is 5.91 Å². The Labute approximate surface area is 130 Å². The molecule has 0 saturated heterocycles. The normalized spacial score (nSPS) is 10.1. The molecule has 0 bridgehead atoms. The third kappa shape index (κ3) is 4.36. The summed E-state index contributed by atoms with van der Waals surface area (Å²) in [5.41, 5.74) is 0.347. The first kappa shape index (κ1) is 17.3. The first-order valence-electron chi connectivity index (χ1n) is 6.81. The summed E-state index contributed by atoms with van der Waals surface area (Å²) in [5.74, 6) is 0.0539. The number of likely N-dealkylation sites (N-methyl/N-ethyl adjacent to an activating group) is 2. The van der Waals surface area contributed by atoms with Crippen molar-refractivity contribution in [3.8, 4) is 5.75 Å². The fraction of sp³-hybridized carbons (Fsp3) is 0.467. The molecule has 0 fully saturated rings. The molecule has 6 heteroatoms. The Bertz CT molecular complexity index is 516. The van der Waals surface area contributed by atoms with Crippen molar-refractivity contribution >= 4 is 23.4 Å². The van der Waals surface area contributed by atoms with Gasteiger partial charge in [0.05, 0.1) is 19.2 Å². The predicted molar refractivity (Wildman–Crippen MR) is 82.9 cm³/mol. The number of hydrogen-bond acceptors (Lipinski definition) is 3. The first-order valence-corrected chi connectivity index (χ1v) is 7.19. The number of nitrogens with zero attached hydrogens (tertiary/aromatic N) is 2. The van der Waals surface area contributed by atoms with E-state index in [-0.39, 0.29) is 18.4 Å². The van der Waals surface area contributed by atoms with Crippen LogP contribution in [0.4, 0.5) is 0 Å². The number of methoxy groups -OCH3 is 1. The van der Waals surface area contributed by atoms with E-state index in [4.69, 9.17) is 16.3 Å². The summed E-state index contributed by atoms with van der Waals surface area (Å²) in [7, 11) is 3.07. The number of carbonyl (C=O) groups is 2. The number of carbonyl (C=O) groups excluding carboxylic acids is 2. The molecule has 1 aromatic rings. The zero-order chi connectivity index (χ0) is 16.0. The van der Waals surface area contributed by atoms with Gasteiger partial charge in [0.1, 0.15) is 5.75 Å². The topological polar surface area (TPSA) is 49.9 Å². The molecule has 5 nitrogen and oxygen atoms in total. The number of rotatable bonds is 6. The summed E-state index contributed by atoms with van der Waals surface area (Å²) in [6.45, 7) is 5.08. The number of halogens is 1. The van der Waals surface area contributed by atoms with Crippen molar-refractivity contribution in [1.29, 1.82) is 0 Å². The molecule has 1 rings (SSSR count). The molecule has 21 heavy (non-hydrogen) atoms. The van der Waals surface area contributed by atoms with Crippen molar-refractivity contribution in [2.75, 3.05) is 33.8 Å². The van der Waals surface area contributed by atoms with Crippen LogP contribution in [0.2, 0.25) is 5.02 Å². The van der Waals surface area contributed by atoms with E-state index >= 15 is 0 Å². The standard InChI is InChI=1S/C15H21ClN2O3/c1-5-18(6-2)14(19)10-17(3)15(20)12-9-11(16)7-8-13(12)21-4/h7-9H,5-6,10H2,1-4H3. The van der Waals surface area contributed by atoms with Gasteiger partial charge in [-0.1, -0.05) is 11.6 Å². The van der Waals surface area contributed by atoms with Gasteiger partial charge in [0.25, 0.3) is 5.91 Å². The van der Waals surface area contributed by atoms with E-state index in [2.05, 4.69) is 0 Å². The summed E-state index contributed by atoms with van der Waals surface area (Å²) >= 11 is 5.92. The van der Waals surface area contributed by atoms with Crippen LogP contribution in [0.3, 0.4) is 0 Å². The van der Waals surface area contributed by atoms with E-state index in [9.17, 15) is 9.59 Å². The van der Waals surface area contributed by atoms with Crippen LogP contribution in [0.15, 0.2) is 18.2 Å². The molecule has 0 atom stereocenters. The lowest BCUT2D eigenvalue weighted by Crippen LogP contribution is -2.41. The lowest BCUT2D eigenvalue weighted by atomic mass is 10.1. The van der Waals surface area contributed by atoms with Crippen LogP contribution in [0, 0.1) is 0 Å². The molecule has 0 spiro atoms. The maximum Gasteiger partial charge on any atom is 0.257 e. The van der Waals surface area contributed by atoms with E-state index in [1.807, 2.05) is 13.8 Å². The van der Waals surface area contributed by atoms with E-state index in [1.165, 1.54) is 12.0 Å². The molecular weight excluding hydrogens is 292 g/mol. The van der Waals surface area contributed by atoms with Crippen LogP contribution in [-0.2, 0) is 4.79 Å². The molecule has 1 aromatic carbocycles. The van der Waals surface area contributed by atoms with Crippen LogP contribution in [-0.4, -0.2) is 55.4 Å². The Morgan fingerprint density at radius 3 is 2.38 bits per heavy atom. The minimum atomic E-state index is -0.296. The Morgan fingerprint density at radius 2 is 1.86 bits per heavy atom. The molecule has 0 saturated carbocycles. The predicted octanol–water partition coefficient (Wildman–Crippen LogP) is 2.29. The van der Waals surface area contributed by atoms with Gasteiger partial charge in [-0.2, -0.15) is 0 Å². The number of hydrogen-bond donors (Lipinski definition) is 0. The van der Waals surface area contributed by atoms with Gasteiger partial charge in [-0.05, 0) is 32.0 Å². The average molecular weight is 313 g/mol. The molecule has 0 aliphatic carbocycles. The number of benzene rings is 1. The highest BCUT2D eigenvalue weighted by Crippen LogP contribution is 2.23. The van der Waals surface area contributed by atoms with E-state index in [0.717, 1.165) is 0 Å². The number of ether oxygens (including phenoxy) is 1. The quantitative estimate of drug-likeness (QED) is 0.810. The molecule has 0 radical (unpaired) electrons. The van der Waals surface area contributed by atoms with Crippen molar-refractivity contribution in [2.45, 2.75) is 13.8 Å². The first-order chi connectivity index (χ1) is 9.94. The lowest BCUT2D eigenvalue weighted by molar-refractivity contribution is -0.131. The van der Waals surface area contributed by atoms with E-state index in [1.54, 1.807) is 30.1 Å². The molecule has 0 aliphatic heterocycles. The highest BCUT2D eigenvalue weighted by Gasteiger charge is 2.20. The van der Waals surface area contributed by atoms with Gasteiger partial charge in [0.15, 0.2) is 0 Å². The average Bonchev–Trinajstić information content (AvgIpc) is 2.47. The van der Waals surface area contributed by atoms with Gasteiger partial charge in [-0.25, -0.2) is 0 Å². The smallest absolute Gasteiger partial charge is 0.257 e. The third-order valence-electron chi connectivity index (χ3n) is 3.23. The zero-order valence-corrected chi connectivity index (χ0v) is 13.6. The van der Waals surface area contributed by atoms with Gasteiger partial charge >= 0.3 is 0 Å². The molecular formula is C15H21ClN2O3. The summed E-state index contributed by atoms with van der Waals surface area (Å²) in [4.78, 5) is 27.5. The van der Waals surface area contributed by atoms with Gasteiger partial charge in [-0.15, -0.1) is 0 Å². The second kappa shape index (κ2) is 7.88. The van der Waals surface area contributed by atoms with Crippen LogP contribution in [0.5, 0.6) is 5.75 Å². The fourth-order valence-electron chi connectivity index (χ4n) is 2.00. The fourth-order valence-corrected chi connectivity index (χ4v) is 2.18. The van der Waals surface area contributed by atoms with Crippen LogP contribution < -0.4 is 4.74 Å². The molecule has 0 heterocycles. The Balaban J connectivity index is 2.88. The summed E-state index contributed by atoms with van der Waals surface area (Å²) in [6.07, 6.45) is 0. The summed E-state index contributed by atoms with van der Waals surface area (Å²) in [5, 5.41) is 0.447. The van der Waals surface area contributed by atoms with Crippen molar-refractivity contribution in [3.63, 3.8) is 0 Å². The minimum Gasteiger partial charge on any atom is -0.496 e. The SMILES string of the molecule is CCN(CC)C(=O)CN(C)C(=O)c1cc(Cl)ccc1OC. The summed E-state index contributed by atoms with van der Waals surface area (Å²) < 4.78 is 5.16. The molecule has 116 valence electrons. The molecule has 0 aromatic heterocycles. The minimum absolute atomic E-state index is 0.0240. The monoisotopic (exact) mass is 312 g/mol. The van der Waals surface area contributed by atoms with Crippen molar-refractivity contribution < 1.29 is 14.3 Å². The summed E-state index contributed by atoms with van der Waals surface area (Å²) in [6, 6.07) is 4.83. The molecule has 0 aliphatic rings. The highest BCUT2D eigenvalue weighted by molar-refractivity contribution is 6.31. The molecule has 0 unspecified atom stereocenters. The largest absolute Gasteiger partial charge is 0.496 e. The van der Waals surface area contributed by atoms with Gasteiger partial charge < -0.3 is 14.5 Å². The van der Waals surface area contributed by atoms with Crippen LogP contribution in [0.1, 0.15) is 24.2 Å². The molecule has 2 amide bonds.